The van der Waals surface area contributed by atoms with Gasteiger partial charge in [0.1, 0.15) is 6.61 Å². The van der Waals surface area contributed by atoms with Crippen molar-refractivity contribution in [1.82, 2.24) is 4.57 Å². The van der Waals surface area contributed by atoms with Crippen molar-refractivity contribution in [1.29, 1.82) is 0 Å². The summed E-state index contributed by atoms with van der Waals surface area (Å²) in [6.07, 6.45) is 1.93. The smallest absolute Gasteiger partial charge is 0.333 e. The Bertz CT molecular complexity index is 1090. The molecule has 1 aromatic heterocycles. The standard InChI is InChI=1S/C28H32NO5P/c1-2-26(19-30)34-28(29-18-17-25-15-9-10-16-27(25)29)22-33-35(31-20-23-11-5-3-6-12-23)32-21-24-13-7-4-8-14-24/h3-18,26,28,30H,2,19-22H2,1H3. The molecule has 0 spiro atoms. The van der Waals surface area contributed by atoms with Crippen LogP contribution < -0.4 is 0 Å². The number of nitrogens with zero attached hydrogens (tertiary/aromatic N) is 1. The zero-order chi connectivity index (χ0) is 24.3. The zero-order valence-corrected chi connectivity index (χ0v) is 20.8. The van der Waals surface area contributed by atoms with Crippen molar-refractivity contribution >= 4 is 19.5 Å². The van der Waals surface area contributed by atoms with E-state index in [9.17, 15) is 5.11 Å². The van der Waals surface area contributed by atoms with Gasteiger partial charge >= 0.3 is 8.60 Å². The Morgan fingerprint density at radius 2 is 1.37 bits per heavy atom. The molecule has 1 heterocycles. The van der Waals surface area contributed by atoms with E-state index in [1.165, 1.54) is 0 Å². The second-order valence-electron chi connectivity index (χ2n) is 8.12. The maximum absolute atomic E-state index is 9.76. The van der Waals surface area contributed by atoms with Gasteiger partial charge in [-0.3, -0.25) is 0 Å². The minimum Gasteiger partial charge on any atom is -0.394 e. The fourth-order valence-electron chi connectivity index (χ4n) is 3.67. The minimum atomic E-state index is -1.65. The van der Waals surface area contributed by atoms with Crippen molar-refractivity contribution in [3.63, 3.8) is 0 Å². The Morgan fingerprint density at radius 3 is 1.97 bits per heavy atom. The lowest BCUT2D eigenvalue weighted by molar-refractivity contribution is -0.0933. The number of aromatic nitrogens is 1. The van der Waals surface area contributed by atoms with Gasteiger partial charge in [0, 0.05) is 6.20 Å². The number of hydrogen-bond donors (Lipinski definition) is 1. The first-order chi connectivity index (χ1) is 17.3. The van der Waals surface area contributed by atoms with Gasteiger partial charge < -0.3 is 28.0 Å². The SMILES string of the molecule is CCC(CO)OC(COP(OCc1ccccc1)OCc1ccccc1)n1ccc2ccccc21. The van der Waals surface area contributed by atoms with Crippen LogP contribution in [0.15, 0.2) is 97.2 Å². The largest absolute Gasteiger partial charge is 0.394 e. The van der Waals surface area contributed by atoms with Crippen molar-refractivity contribution < 1.29 is 23.4 Å². The van der Waals surface area contributed by atoms with Gasteiger partial charge in [0.15, 0.2) is 6.23 Å². The van der Waals surface area contributed by atoms with Crippen LogP contribution in [0.3, 0.4) is 0 Å². The van der Waals surface area contributed by atoms with E-state index in [1.807, 2.05) is 103 Å². The number of hydrogen-bond acceptors (Lipinski definition) is 5. The van der Waals surface area contributed by atoms with Gasteiger partial charge in [-0.1, -0.05) is 85.8 Å². The van der Waals surface area contributed by atoms with Gasteiger partial charge in [-0.25, -0.2) is 0 Å². The van der Waals surface area contributed by atoms with Crippen molar-refractivity contribution in [3.8, 4) is 0 Å². The summed E-state index contributed by atoms with van der Waals surface area (Å²) in [7, 11) is -1.65. The third-order valence-corrected chi connectivity index (χ3v) is 6.67. The Balaban J connectivity index is 1.48. The number of fused-ring (bicyclic) bond motifs is 1. The predicted molar refractivity (Wildman–Crippen MR) is 139 cm³/mol. The van der Waals surface area contributed by atoms with Crippen LogP contribution in [0.2, 0.25) is 0 Å². The zero-order valence-electron chi connectivity index (χ0n) is 19.9. The first-order valence-corrected chi connectivity index (χ1v) is 12.9. The predicted octanol–water partition coefficient (Wildman–Crippen LogP) is 6.60. The van der Waals surface area contributed by atoms with E-state index in [0.29, 0.717) is 19.6 Å². The van der Waals surface area contributed by atoms with E-state index < -0.39 is 14.8 Å². The molecule has 0 fully saturated rings. The molecule has 3 aromatic carbocycles. The molecule has 2 atom stereocenters. The first kappa shape index (κ1) is 25.5. The molecule has 2 unspecified atom stereocenters. The number of benzene rings is 3. The molecule has 4 aromatic rings. The molecule has 0 saturated heterocycles. The Hall–Kier alpha value is -2.57. The number of rotatable bonds is 14. The molecule has 35 heavy (non-hydrogen) atoms. The van der Waals surface area contributed by atoms with Crippen LogP contribution in [0, 0.1) is 0 Å². The molecule has 7 heteroatoms. The molecule has 0 aliphatic heterocycles. The molecule has 0 aliphatic rings. The number of aliphatic hydroxyl groups is 1. The van der Waals surface area contributed by atoms with Gasteiger partial charge in [-0.15, -0.1) is 0 Å². The second kappa shape index (κ2) is 13.5. The molecule has 184 valence electrons. The van der Waals surface area contributed by atoms with Gasteiger partial charge in [-0.05, 0) is 35.1 Å². The molecule has 0 saturated carbocycles. The molecular weight excluding hydrogens is 461 g/mol. The van der Waals surface area contributed by atoms with Crippen molar-refractivity contribution in [3.05, 3.63) is 108 Å². The molecular formula is C28H32NO5P. The van der Waals surface area contributed by atoms with Crippen molar-refractivity contribution in [2.45, 2.75) is 38.9 Å². The van der Waals surface area contributed by atoms with E-state index in [1.54, 1.807) is 0 Å². The summed E-state index contributed by atoms with van der Waals surface area (Å²) in [5.74, 6) is 0. The molecule has 0 bridgehead atoms. The molecule has 6 nitrogen and oxygen atoms in total. The van der Waals surface area contributed by atoms with E-state index >= 15 is 0 Å². The summed E-state index contributed by atoms with van der Waals surface area (Å²) in [6.45, 7) is 2.91. The highest BCUT2D eigenvalue weighted by Crippen LogP contribution is 2.43. The Morgan fingerprint density at radius 1 is 0.771 bits per heavy atom. The summed E-state index contributed by atoms with van der Waals surface area (Å²) in [6, 6.07) is 30.1. The maximum Gasteiger partial charge on any atom is 0.333 e. The quantitative estimate of drug-likeness (QED) is 0.201. The normalized spacial score (nSPS) is 13.3. The fourth-order valence-corrected chi connectivity index (χ4v) is 4.65. The third kappa shape index (κ3) is 7.45. The van der Waals surface area contributed by atoms with Crippen molar-refractivity contribution in [2.75, 3.05) is 13.2 Å². The van der Waals surface area contributed by atoms with Crippen LogP contribution in [0.4, 0.5) is 0 Å². The Labute approximate surface area is 208 Å². The lowest BCUT2D eigenvalue weighted by Gasteiger charge is -2.26. The van der Waals surface area contributed by atoms with Gasteiger partial charge in [-0.2, -0.15) is 0 Å². The topological polar surface area (TPSA) is 62.1 Å². The molecule has 0 aliphatic carbocycles. The van der Waals surface area contributed by atoms with Crippen molar-refractivity contribution in [2.24, 2.45) is 0 Å². The molecule has 4 rings (SSSR count). The maximum atomic E-state index is 9.76. The van der Waals surface area contributed by atoms with E-state index in [-0.39, 0.29) is 19.3 Å². The van der Waals surface area contributed by atoms with Crippen LogP contribution >= 0.6 is 8.60 Å². The summed E-state index contributed by atoms with van der Waals surface area (Å²) in [5.41, 5.74) is 3.12. The monoisotopic (exact) mass is 493 g/mol. The summed E-state index contributed by atoms with van der Waals surface area (Å²) in [4.78, 5) is 0. The number of ether oxygens (including phenoxy) is 1. The van der Waals surface area contributed by atoms with Gasteiger partial charge in [0.05, 0.1) is 31.4 Å². The summed E-state index contributed by atoms with van der Waals surface area (Å²) < 4.78 is 26.6. The lowest BCUT2D eigenvalue weighted by Crippen LogP contribution is -2.26. The molecule has 0 radical (unpaired) electrons. The lowest BCUT2D eigenvalue weighted by atomic mass is 10.2. The Kier molecular flexibility index (Phi) is 9.84. The van der Waals surface area contributed by atoms with Gasteiger partial charge in [0.2, 0.25) is 0 Å². The minimum absolute atomic E-state index is 0.0595. The summed E-state index contributed by atoms with van der Waals surface area (Å²) in [5, 5.41) is 10.9. The van der Waals surface area contributed by atoms with E-state index in [4.69, 9.17) is 18.3 Å². The summed E-state index contributed by atoms with van der Waals surface area (Å²) >= 11 is 0. The van der Waals surface area contributed by atoms with E-state index in [2.05, 4.69) is 6.07 Å². The second-order valence-corrected chi connectivity index (χ2v) is 9.34. The van der Waals surface area contributed by atoms with Crippen LogP contribution in [0.5, 0.6) is 0 Å². The highest BCUT2D eigenvalue weighted by atomic mass is 31.2. The first-order valence-electron chi connectivity index (χ1n) is 11.9. The molecule has 1 N–H and O–H groups in total. The average Bonchev–Trinajstić information content (AvgIpc) is 3.35. The third-order valence-electron chi connectivity index (χ3n) is 5.63. The van der Waals surface area contributed by atoms with Crippen LogP contribution in [0.25, 0.3) is 10.9 Å². The fraction of sp³-hybridized carbons (Fsp3) is 0.286. The van der Waals surface area contributed by atoms with Crippen LogP contribution in [0.1, 0.15) is 30.7 Å². The van der Waals surface area contributed by atoms with Gasteiger partial charge in [0.25, 0.3) is 0 Å². The highest BCUT2D eigenvalue weighted by Gasteiger charge is 2.22. The van der Waals surface area contributed by atoms with Crippen LogP contribution in [-0.4, -0.2) is 29.0 Å². The number of para-hydroxylation sites is 1. The number of aliphatic hydroxyl groups excluding tert-OH is 1. The van der Waals surface area contributed by atoms with Crippen LogP contribution in [-0.2, 0) is 31.5 Å². The average molecular weight is 494 g/mol. The molecule has 0 amide bonds. The van der Waals surface area contributed by atoms with E-state index in [0.717, 1.165) is 22.0 Å². The highest BCUT2D eigenvalue weighted by molar-refractivity contribution is 7.41.